The fourth-order valence-corrected chi connectivity index (χ4v) is 4.02. The van der Waals surface area contributed by atoms with Crippen LogP contribution in [0.2, 0.25) is 0 Å². The van der Waals surface area contributed by atoms with Crippen LogP contribution in [-0.4, -0.2) is 27.6 Å². The first kappa shape index (κ1) is 19.2. The maximum atomic E-state index is 12.5. The van der Waals surface area contributed by atoms with Crippen molar-refractivity contribution < 1.29 is 22.7 Å². The summed E-state index contributed by atoms with van der Waals surface area (Å²) in [6.07, 6.45) is 1.51. The Morgan fingerprint density at radius 1 is 1.00 bits per heavy atom. The minimum absolute atomic E-state index is 0.153. The van der Waals surface area contributed by atoms with E-state index in [0.717, 1.165) is 18.4 Å². The first-order chi connectivity index (χ1) is 12.9. The van der Waals surface area contributed by atoms with E-state index >= 15 is 0 Å². The Labute approximate surface area is 159 Å². The van der Waals surface area contributed by atoms with Gasteiger partial charge in [0.25, 0.3) is 10.0 Å². The van der Waals surface area contributed by atoms with Crippen LogP contribution in [0.25, 0.3) is 0 Å². The zero-order chi connectivity index (χ0) is 19.5. The summed E-state index contributed by atoms with van der Waals surface area (Å²) in [5.41, 5.74) is 0.722. The Morgan fingerprint density at radius 2 is 1.63 bits per heavy atom. The van der Waals surface area contributed by atoms with Gasteiger partial charge in [0.15, 0.2) is 0 Å². The number of anilines is 1. The molecule has 0 aromatic heterocycles. The number of ether oxygens (including phenoxy) is 2. The van der Waals surface area contributed by atoms with Gasteiger partial charge in [-0.05, 0) is 68.7 Å². The predicted octanol–water partition coefficient (Wildman–Crippen LogP) is 3.48. The summed E-state index contributed by atoms with van der Waals surface area (Å²) in [6.45, 7) is 4.51. The van der Waals surface area contributed by atoms with E-state index in [-0.39, 0.29) is 10.9 Å². The van der Waals surface area contributed by atoms with E-state index in [1.165, 1.54) is 12.1 Å². The number of rotatable bonds is 8. The van der Waals surface area contributed by atoms with Crippen LogP contribution >= 0.6 is 0 Å². The van der Waals surface area contributed by atoms with Gasteiger partial charge in [-0.25, -0.2) is 8.42 Å². The van der Waals surface area contributed by atoms with Gasteiger partial charge in [0, 0.05) is 5.69 Å². The number of benzene rings is 2. The molecule has 1 saturated carbocycles. The smallest absolute Gasteiger partial charge is 0.316 e. The van der Waals surface area contributed by atoms with Crippen LogP contribution in [0.4, 0.5) is 5.69 Å². The molecule has 3 rings (SSSR count). The van der Waals surface area contributed by atoms with E-state index in [1.54, 1.807) is 43.3 Å². The summed E-state index contributed by atoms with van der Waals surface area (Å²) in [7, 11) is -3.70. The zero-order valence-corrected chi connectivity index (χ0v) is 16.2. The minimum Gasteiger partial charge on any atom is -0.494 e. The highest BCUT2D eigenvalue weighted by Gasteiger charge is 2.52. The molecule has 27 heavy (non-hydrogen) atoms. The molecule has 0 aliphatic heterocycles. The number of nitrogens with one attached hydrogen (secondary N) is 1. The van der Waals surface area contributed by atoms with Gasteiger partial charge in [-0.1, -0.05) is 12.1 Å². The molecule has 0 saturated heterocycles. The third-order valence-corrected chi connectivity index (χ3v) is 5.95. The number of carbonyl (C=O) groups excluding carboxylic acids is 1. The molecule has 0 heterocycles. The van der Waals surface area contributed by atoms with Crippen molar-refractivity contribution in [2.75, 3.05) is 17.9 Å². The van der Waals surface area contributed by atoms with Crippen LogP contribution in [0, 0.1) is 0 Å². The van der Waals surface area contributed by atoms with Gasteiger partial charge in [-0.15, -0.1) is 0 Å². The van der Waals surface area contributed by atoms with Crippen molar-refractivity contribution in [3.63, 3.8) is 0 Å². The Balaban J connectivity index is 1.73. The summed E-state index contributed by atoms with van der Waals surface area (Å²) in [5.74, 6) is 0.405. The first-order valence-electron chi connectivity index (χ1n) is 8.95. The molecule has 2 aromatic rings. The average Bonchev–Trinajstić information content (AvgIpc) is 3.45. The van der Waals surface area contributed by atoms with Crippen molar-refractivity contribution in [2.24, 2.45) is 0 Å². The third kappa shape index (κ3) is 4.08. The quantitative estimate of drug-likeness (QED) is 0.699. The largest absolute Gasteiger partial charge is 0.494 e. The van der Waals surface area contributed by atoms with Crippen molar-refractivity contribution in [2.45, 2.75) is 37.0 Å². The fourth-order valence-electron chi connectivity index (χ4n) is 2.96. The molecule has 6 nitrogen and oxygen atoms in total. The molecule has 0 atom stereocenters. The van der Waals surface area contributed by atoms with Gasteiger partial charge >= 0.3 is 5.97 Å². The minimum atomic E-state index is -3.70. The van der Waals surface area contributed by atoms with E-state index in [9.17, 15) is 13.2 Å². The molecular weight excluding hydrogens is 366 g/mol. The Bertz CT molecular complexity index is 900. The Hall–Kier alpha value is -2.54. The summed E-state index contributed by atoms with van der Waals surface area (Å²) in [4.78, 5) is 12.3. The van der Waals surface area contributed by atoms with Gasteiger partial charge in [0.1, 0.15) is 5.75 Å². The lowest BCUT2D eigenvalue weighted by Gasteiger charge is -2.15. The number of hydrogen-bond acceptors (Lipinski definition) is 5. The van der Waals surface area contributed by atoms with Crippen molar-refractivity contribution in [3.05, 3.63) is 54.1 Å². The molecule has 0 radical (unpaired) electrons. The fraction of sp³-hybridized carbons (Fsp3) is 0.350. The van der Waals surface area contributed by atoms with Crippen LogP contribution in [0.1, 0.15) is 32.3 Å². The van der Waals surface area contributed by atoms with Crippen molar-refractivity contribution in [3.8, 4) is 5.75 Å². The molecule has 144 valence electrons. The summed E-state index contributed by atoms with van der Waals surface area (Å²) < 4.78 is 38.1. The van der Waals surface area contributed by atoms with Crippen LogP contribution in [0.15, 0.2) is 53.4 Å². The number of carbonyl (C=O) groups is 1. The number of hydrogen-bond donors (Lipinski definition) is 1. The lowest BCUT2D eigenvalue weighted by Crippen LogP contribution is -2.23. The van der Waals surface area contributed by atoms with Gasteiger partial charge in [0.2, 0.25) is 0 Å². The van der Waals surface area contributed by atoms with Crippen molar-refractivity contribution in [1.82, 2.24) is 0 Å². The molecule has 1 aliphatic rings. The van der Waals surface area contributed by atoms with E-state index in [4.69, 9.17) is 9.47 Å². The topological polar surface area (TPSA) is 81.7 Å². The van der Waals surface area contributed by atoms with Gasteiger partial charge < -0.3 is 9.47 Å². The second-order valence-electron chi connectivity index (χ2n) is 6.39. The van der Waals surface area contributed by atoms with E-state index < -0.39 is 15.4 Å². The highest BCUT2D eigenvalue weighted by atomic mass is 32.2. The monoisotopic (exact) mass is 389 g/mol. The summed E-state index contributed by atoms with van der Waals surface area (Å²) >= 11 is 0. The van der Waals surface area contributed by atoms with Crippen LogP contribution in [0.5, 0.6) is 5.75 Å². The van der Waals surface area contributed by atoms with Crippen molar-refractivity contribution in [1.29, 1.82) is 0 Å². The molecule has 0 bridgehead atoms. The summed E-state index contributed by atoms with van der Waals surface area (Å²) in [5, 5.41) is 0. The highest BCUT2D eigenvalue weighted by Crippen LogP contribution is 2.49. The molecule has 1 aliphatic carbocycles. The van der Waals surface area contributed by atoms with E-state index in [0.29, 0.717) is 24.7 Å². The molecule has 2 aromatic carbocycles. The highest BCUT2D eigenvalue weighted by molar-refractivity contribution is 7.92. The van der Waals surface area contributed by atoms with Crippen LogP contribution < -0.4 is 9.46 Å². The normalized spacial score (nSPS) is 15.0. The second kappa shape index (κ2) is 7.60. The Morgan fingerprint density at radius 3 is 2.15 bits per heavy atom. The van der Waals surface area contributed by atoms with Gasteiger partial charge in [-0.3, -0.25) is 9.52 Å². The maximum absolute atomic E-state index is 12.5. The SMILES string of the molecule is CCOC(=O)C1(c2ccc(NS(=O)(=O)c3ccc(OCC)cc3)cc2)CC1. The van der Waals surface area contributed by atoms with Crippen molar-refractivity contribution >= 4 is 21.7 Å². The third-order valence-electron chi connectivity index (χ3n) is 4.55. The molecule has 0 amide bonds. The molecule has 0 spiro atoms. The Kier molecular flexibility index (Phi) is 5.41. The van der Waals surface area contributed by atoms with E-state index in [1.807, 2.05) is 6.92 Å². The van der Waals surface area contributed by atoms with Crippen LogP contribution in [-0.2, 0) is 25.0 Å². The zero-order valence-electron chi connectivity index (χ0n) is 15.4. The second-order valence-corrected chi connectivity index (χ2v) is 8.07. The molecule has 0 unspecified atom stereocenters. The molecule has 1 fully saturated rings. The maximum Gasteiger partial charge on any atom is 0.316 e. The van der Waals surface area contributed by atoms with E-state index in [2.05, 4.69) is 4.72 Å². The van der Waals surface area contributed by atoms with Gasteiger partial charge in [0.05, 0.1) is 23.5 Å². The molecular formula is C20H23NO5S. The standard InChI is InChI=1S/C20H23NO5S/c1-3-25-17-9-11-18(12-10-17)27(23,24)21-16-7-5-15(6-8-16)20(13-14-20)19(22)26-4-2/h5-12,21H,3-4,13-14H2,1-2H3. The lowest BCUT2D eigenvalue weighted by atomic mass is 9.96. The van der Waals surface area contributed by atoms with Crippen LogP contribution in [0.3, 0.4) is 0 Å². The predicted molar refractivity (Wildman–Crippen MR) is 102 cm³/mol. The first-order valence-corrected chi connectivity index (χ1v) is 10.4. The average molecular weight is 389 g/mol. The molecule has 7 heteroatoms. The lowest BCUT2D eigenvalue weighted by molar-refractivity contribution is -0.146. The number of esters is 1. The summed E-state index contributed by atoms with van der Waals surface area (Å²) in [6, 6.07) is 13.1. The van der Waals surface area contributed by atoms with Gasteiger partial charge in [-0.2, -0.15) is 0 Å². The molecule has 1 N–H and O–H groups in total. The number of sulfonamides is 1.